The molecule has 0 fully saturated rings. The Bertz CT molecular complexity index is 304. The van der Waals surface area contributed by atoms with Gasteiger partial charge in [0.1, 0.15) is 12.5 Å². The van der Waals surface area contributed by atoms with Crippen LogP contribution in [0.5, 0.6) is 0 Å². The summed E-state index contributed by atoms with van der Waals surface area (Å²) in [5.41, 5.74) is 1.29. The molecular weight excluding hydrogens is 162 g/mol. The van der Waals surface area contributed by atoms with Crippen molar-refractivity contribution in [3.05, 3.63) is 60.8 Å². The first kappa shape index (κ1) is 7.92. The molecule has 1 aromatic rings. The molecule has 66 valence electrons. The van der Waals surface area contributed by atoms with Crippen LogP contribution in [-0.4, -0.2) is 4.90 Å². The maximum atomic E-state index is 4.93. The molecule has 0 saturated carbocycles. The zero-order valence-electron chi connectivity index (χ0n) is 7.26. The average Bonchev–Trinajstić information content (AvgIpc) is 2.21. The number of rotatable bonds is 2. The van der Waals surface area contributed by atoms with Crippen LogP contribution in [0.15, 0.2) is 55.3 Å². The third-order valence-corrected chi connectivity index (χ3v) is 1.87. The summed E-state index contributed by atoms with van der Waals surface area (Å²) < 4.78 is 4.93. The monoisotopic (exact) mass is 173 g/mol. The van der Waals surface area contributed by atoms with Gasteiger partial charge in [-0.25, -0.2) is 0 Å². The fraction of sp³-hybridized carbons (Fsp3) is 0.0909. The quantitative estimate of drug-likeness (QED) is 0.681. The second-order valence-electron chi connectivity index (χ2n) is 2.86. The molecular formula is C11H11NO. The highest BCUT2D eigenvalue weighted by atomic mass is 16.5. The number of benzene rings is 1. The van der Waals surface area contributed by atoms with E-state index < -0.39 is 0 Å². The molecule has 0 bridgehead atoms. The van der Waals surface area contributed by atoms with Crippen LogP contribution in [0.25, 0.3) is 0 Å². The van der Waals surface area contributed by atoms with Crippen LogP contribution < -0.4 is 0 Å². The van der Waals surface area contributed by atoms with E-state index in [4.69, 9.17) is 4.74 Å². The van der Waals surface area contributed by atoms with Gasteiger partial charge in [-0.15, -0.1) is 0 Å². The molecule has 0 aliphatic carbocycles. The van der Waals surface area contributed by atoms with Gasteiger partial charge in [0.15, 0.2) is 0 Å². The Balaban J connectivity index is 2.02. The summed E-state index contributed by atoms with van der Waals surface area (Å²) in [6.45, 7) is 0.886. The lowest BCUT2D eigenvalue weighted by Gasteiger charge is -2.17. The number of ether oxygens (including phenoxy) is 1. The van der Waals surface area contributed by atoms with E-state index in [1.54, 1.807) is 12.5 Å². The minimum atomic E-state index is 0.886. The Labute approximate surface area is 77.7 Å². The van der Waals surface area contributed by atoms with Crippen molar-refractivity contribution in [2.45, 2.75) is 6.54 Å². The van der Waals surface area contributed by atoms with E-state index in [2.05, 4.69) is 17.0 Å². The van der Waals surface area contributed by atoms with Crippen LogP contribution >= 0.6 is 0 Å². The first-order valence-electron chi connectivity index (χ1n) is 4.23. The summed E-state index contributed by atoms with van der Waals surface area (Å²) in [7, 11) is 0. The molecule has 1 aromatic carbocycles. The number of nitrogens with zero attached hydrogens (tertiary/aromatic N) is 1. The van der Waals surface area contributed by atoms with Crippen molar-refractivity contribution < 1.29 is 4.74 Å². The summed E-state index contributed by atoms with van der Waals surface area (Å²) in [5.74, 6) is 0. The molecule has 1 aliphatic heterocycles. The molecule has 0 saturated heterocycles. The Kier molecular flexibility index (Phi) is 2.32. The Hall–Kier alpha value is -1.70. The van der Waals surface area contributed by atoms with E-state index in [-0.39, 0.29) is 0 Å². The van der Waals surface area contributed by atoms with Crippen molar-refractivity contribution in [3.63, 3.8) is 0 Å². The van der Waals surface area contributed by atoms with E-state index in [1.807, 2.05) is 30.6 Å². The Morgan fingerprint density at radius 1 is 1.00 bits per heavy atom. The van der Waals surface area contributed by atoms with Crippen LogP contribution in [0.4, 0.5) is 0 Å². The lowest BCUT2D eigenvalue weighted by Crippen LogP contribution is -2.10. The predicted octanol–water partition coefficient (Wildman–Crippen LogP) is 2.46. The highest BCUT2D eigenvalue weighted by molar-refractivity contribution is 5.15. The maximum absolute atomic E-state index is 4.93. The zero-order valence-corrected chi connectivity index (χ0v) is 7.26. The van der Waals surface area contributed by atoms with Crippen LogP contribution in [0.2, 0.25) is 0 Å². The highest BCUT2D eigenvalue weighted by Crippen LogP contribution is 2.07. The minimum absolute atomic E-state index is 0.886. The van der Waals surface area contributed by atoms with Gasteiger partial charge >= 0.3 is 0 Å². The molecule has 2 heteroatoms. The third-order valence-electron chi connectivity index (χ3n) is 1.87. The molecule has 1 heterocycles. The van der Waals surface area contributed by atoms with E-state index in [1.165, 1.54) is 5.56 Å². The van der Waals surface area contributed by atoms with Gasteiger partial charge in [0.25, 0.3) is 0 Å². The normalized spacial score (nSPS) is 14.3. The van der Waals surface area contributed by atoms with E-state index >= 15 is 0 Å². The zero-order chi connectivity index (χ0) is 8.93. The molecule has 0 radical (unpaired) electrons. The van der Waals surface area contributed by atoms with E-state index in [0.717, 1.165) is 6.54 Å². The van der Waals surface area contributed by atoms with Gasteiger partial charge in [-0.1, -0.05) is 30.3 Å². The molecule has 0 atom stereocenters. The lowest BCUT2D eigenvalue weighted by molar-refractivity contribution is 0.342. The van der Waals surface area contributed by atoms with Gasteiger partial charge in [-0.05, 0) is 5.56 Å². The molecule has 2 nitrogen and oxygen atoms in total. The third kappa shape index (κ3) is 2.12. The van der Waals surface area contributed by atoms with Crippen molar-refractivity contribution in [3.8, 4) is 0 Å². The second-order valence-corrected chi connectivity index (χ2v) is 2.86. The van der Waals surface area contributed by atoms with Crippen molar-refractivity contribution >= 4 is 0 Å². The average molecular weight is 173 g/mol. The van der Waals surface area contributed by atoms with Gasteiger partial charge in [0.05, 0.1) is 0 Å². The molecule has 0 unspecified atom stereocenters. The number of hydrogen-bond acceptors (Lipinski definition) is 2. The van der Waals surface area contributed by atoms with E-state index in [9.17, 15) is 0 Å². The van der Waals surface area contributed by atoms with Crippen molar-refractivity contribution in [2.24, 2.45) is 0 Å². The fourth-order valence-electron chi connectivity index (χ4n) is 1.22. The number of hydrogen-bond donors (Lipinski definition) is 0. The summed E-state index contributed by atoms with van der Waals surface area (Å²) in [4.78, 5) is 2.07. The molecule has 0 spiro atoms. The Morgan fingerprint density at radius 2 is 1.69 bits per heavy atom. The van der Waals surface area contributed by atoms with Crippen molar-refractivity contribution in [1.29, 1.82) is 0 Å². The van der Waals surface area contributed by atoms with Crippen LogP contribution in [0.1, 0.15) is 5.56 Å². The van der Waals surface area contributed by atoms with Crippen molar-refractivity contribution in [2.75, 3.05) is 0 Å². The lowest BCUT2D eigenvalue weighted by atomic mass is 10.2. The summed E-state index contributed by atoms with van der Waals surface area (Å²) in [5, 5.41) is 0. The topological polar surface area (TPSA) is 12.5 Å². The Morgan fingerprint density at radius 3 is 2.38 bits per heavy atom. The molecule has 2 rings (SSSR count). The predicted molar refractivity (Wildman–Crippen MR) is 51.4 cm³/mol. The highest BCUT2D eigenvalue weighted by Gasteiger charge is 1.98. The first-order valence-corrected chi connectivity index (χ1v) is 4.23. The van der Waals surface area contributed by atoms with Crippen molar-refractivity contribution in [1.82, 2.24) is 4.90 Å². The van der Waals surface area contributed by atoms with Gasteiger partial charge < -0.3 is 9.64 Å². The van der Waals surface area contributed by atoms with Crippen LogP contribution in [0.3, 0.4) is 0 Å². The fourth-order valence-corrected chi connectivity index (χ4v) is 1.22. The van der Waals surface area contributed by atoms with Gasteiger partial charge in [-0.3, -0.25) is 0 Å². The minimum Gasteiger partial charge on any atom is -0.470 e. The first-order chi connectivity index (χ1) is 6.45. The largest absolute Gasteiger partial charge is 0.470 e. The van der Waals surface area contributed by atoms with Crippen LogP contribution in [0, 0.1) is 0 Å². The van der Waals surface area contributed by atoms with Gasteiger partial charge in [-0.2, -0.15) is 0 Å². The molecule has 1 aliphatic rings. The van der Waals surface area contributed by atoms with Crippen LogP contribution in [-0.2, 0) is 11.3 Å². The molecule has 0 N–H and O–H groups in total. The smallest absolute Gasteiger partial charge is 0.106 e. The van der Waals surface area contributed by atoms with Gasteiger partial charge in [0, 0.05) is 18.9 Å². The molecule has 0 amide bonds. The molecule has 0 aromatic heterocycles. The second kappa shape index (κ2) is 3.81. The maximum Gasteiger partial charge on any atom is 0.106 e. The SMILES string of the molecule is C1=CN(Cc2ccccc2)C=CO1. The van der Waals surface area contributed by atoms with Gasteiger partial charge in [0.2, 0.25) is 0 Å². The van der Waals surface area contributed by atoms with E-state index in [0.29, 0.717) is 0 Å². The summed E-state index contributed by atoms with van der Waals surface area (Å²) in [6.07, 6.45) is 7.16. The summed E-state index contributed by atoms with van der Waals surface area (Å²) >= 11 is 0. The summed E-state index contributed by atoms with van der Waals surface area (Å²) in [6, 6.07) is 10.3. The molecule has 13 heavy (non-hydrogen) atoms. The standard InChI is InChI=1S/C11H11NO/c1-2-4-11(5-3-1)10-12-6-8-13-9-7-12/h1-9H,10H2.